The summed E-state index contributed by atoms with van der Waals surface area (Å²) in [7, 11) is 0. The second-order valence-electron chi connectivity index (χ2n) is 5.60. The third-order valence-electron chi connectivity index (χ3n) is 3.93. The molecular formula is C13H22N4O2. The van der Waals surface area contributed by atoms with Crippen LogP contribution in [0.1, 0.15) is 38.6 Å². The molecule has 2 aliphatic heterocycles. The van der Waals surface area contributed by atoms with E-state index in [1.165, 1.54) is 0 Å². The molecule has 6 heteroatoms. The molecule has 0 amide bonds. The number of likely N-dealkylation sites (tertiary alicyclic amines) is 1. The lowest BCUT2D eigenvalue weighted by atomic mass is 10.0. The number of hydrogen-bond acceptors (Lipinski definition) is 5. The van der Waals surface area contributed by atoms with Crippen LogP contribution < -0.4 is 0 Å². The average molecular weight is 266 g/mol. The summed E-state index contributed by atoms with van der Waals surface area (Å²) in [4.78, 5) is 6.77. The topological polar surface area (TPSA) is 52.4 Å². The van der Waals surface area contributed by atoms with E-state index >= 15 is 0 Å². The molecule has 106 valence electrons. The molecule has 0 unspecified atom stereocenters. The highest BCUT2D eigenvalue weighted by Gasteiger charge is 2.39. The van der Waals surface area contributed by atoms with Crippen molar-refractivity contribution < 1.29 is 9.47 Å². The normalized spacial score (nSPS) is 23.5. The Morgan fingerprint density at radius 1 is 1.26 bits per heavy atom. The molecule has 6 nitrogen and oxygen atoms in total. The summed E-state index contributed by atoms with van der Waals surface area (Å²) in [6.45, 7) is 8.57. The van der Waals surface area contributed by atoms with E-state index in [4.69, 9.17) is 9.47 Å². The van der Waals surface area contributed by atoms with Crippen LogP contribution in [0.15, 0.2) is 6.33 Å². The van der Waals surface area contributed by atoms with Crippen LogP contribution in [-0.2, 0) is 16.0 Å². The molecule has 0 aromatic carbocycles. The van der Waals surface area contributed by atoms with E-state index in [0.29, 0.717) is 6.04 Å². The zero-order valence-electron chi connectivity index (χ0n) is 11.7. The molecule has 3 heterocycles. The van der Waals surface area contributed by atoms with Gasteiger partial charge in [-0.05, 0) is 13.8 Å². The fourth-order valence-electron chi connectivity index (χ4n) is 2.86. The zero-order valence-corrected chi connectivity index (χ0v) is 11.7. The van der Waals surface area contributed by atoms with Crippen molar-refractivity contribution in [3.63, 3.8) is 0 Å². The molecule has 1 aromatic rings. The predicted molar refractivity (Wildman–Crippen MR) is 69.6 cm³/mol. The molecule has 19 heavy (non-hydrogen) atoms. The molecule has 0 radical (unpaired) electrons. The van der Waals surface area contributed by atoms with E-state index in [2.05, 4.69) is 28.8 Å². The van der Waals surface area contributed by atoms with Gasteiger partial charge >= 0.3 is 0 Å². The Kier molecular flexibility index (Phi) is 3.56. The molecule has 0 bridgehead atoms. The summed E-state index contributed by atoms with van der Waals surface area (Å²) in [5, 5.41) is 4.28. The Hall–Kier alpha value is -0.980. The van der Waals surface area contributed by atoms with Gasteiger partial charge in [0.15, 0.2) is 5.79 Å². The van der Waals surface area contributed by atoms with E-state index in [9.17, 15) is 0 Å². The van der Waals surface area contributed by atoms with E-state index < -0.39 is 0 Å². The van der Waals surface area contributed by atoms with E-state index in [1.807, 2.05) is 4.68 Å². The van der Waals surface area contributed by atoms with Crippen molar-refractivity contribution in [3.8, 4) is 0 Å². The van der Waals surface area contributed by atoms with E-state index in [0.717, 1.165) is 51.5 Å². The number of aromatic nitrogens is 3. The highest BCUT2D eigenvalue weighted by Crippen LogP contribution is 2.31. The summed E-state index contributed by atoms with van der Waals surface area (Å²) in [5.41, 5.74) is 0. The Morgan fingerprint density at radius 3 is 2.58 bits per heavy atom. The largest absolute Gasteiger partial charge is 0.347 e. The number of piperidine rings is 1. The second-order valence-corrected chi connectivity index (χ2v) is 5.60. The van der Waals surface area contributed by atoms with Crippen molar-refractivity contribution >= 4 is 0 Å². The number of rotatable bonds is 3. The lowest BCUT2D eigenvalue weighted by molar-refractivity contribution is -0.186. The summed E-state index contributed by atoms with van der Waals surface area (Å²) < 4.78 is 13.5. The molecule has 2 aliphatic rings. The van der Waals surface area contributed by atoms with Crippen LogP contribution >= 0.6 is 0 Å². The van der Waals surface area contributed by atoms with Gasteiger partial charge in [-0.2, -0.15) is 5.10 Å². The number of hydrogen-bond donors (Lipinski definition) is 0. The summed E-state index contributed by atoms with van der Waals surface area (Å²) in [6.07, 6.45) is 3.54. The Bertz CT molecular complexity index is 416. The lowest BCUT2D eigenvalue weighted by Crippen LogP contribution is -2.45. The maximum Gasteiger partial charge on any atom is 0.170 e. The first-order valence-corrected chi connectivity index (χ1v) is 7.07. The SMILES string of the molecule is CC(C)n1ncnc1CN1CCC2(CC1)OCCO2. The van der Waals surface area contributed by atoms with Gasteiger partial charge in [0.1, 0.15) is 12.2 Å². The monoisotopic (exact) mass is 266 g/mol. The van der Waals surface area contributed by atoms with Crippen LogP contribution in [0.5, 0.6) is 0 Å². The fraction of sp³-hybridized carbons (Fsp3) is 0.846. The van der Waals surface area contributed by atoms with Gasteiger partial charge in [-0.25, -0.2) is 9.67 Å². The minimum absolute atomic E-state index is 0.289. The molecule has 3 rings (SSSR count). The molecule has 1 aromatic heterocycles. The van der Waals surface area contributed by atoms with Crippen molar-refractivity contribution in [1.82, 2.24) is 19.7 Å². The summed E-state index contributed by atoms with van der Waals surface area (Å²) in [5.74, 6) is 0.751. The first kappa shape index (κ1) is 13.0. The van der Waals surface area contributed by atoms with Crippen LogP contribution in [0.4, 0.5) is 0 Å². The van der Waals surface area contributed by atoms with Crippen molar-refractivity contribution in [2.75, 3.05) is 26.3 Å². The smallest absolute Gasteiger partial charge is 0.170 e. The van der Waals surface area contributed by atoms with Crippen molar-refractivity contribution in [3.05, 3.63) is 12.2 Å². The van der Waals surface area contributed by atoms with Gasteiger partial charge in [-0.3, -0.25) is 4.90 Å². The second kappa shape index (κ2) is 5.19. The third-order valence-corrected chi connectivity index (χ3v) is 3.93. The molecule has 2 saturated heterocycles. The molecule has 0 N–H and O–H groups in total. The van der Waals surface area contributed by atoms with Gasteiger partial charge in [-0.15, -0.1) is 0 Å². The molecule has 2 fully saturated rings. The fourth-order valence-corrected chi connectivity index (χ4v) is 2.86. The molecule has 0 atom stereocenters. The van der Waals surface area contributed by atoms with Gasteiger partial charge < -0.3 is 9.47 Å². The van der Waals surface area contributed by atoms with Crippen LogP contribution in [0, 0.1) is 0 Å². The summed E-state index contributed by atoms with van der Waals surface area (Å²) in [6, 6.07) is 0.357. The van der Waals surface area contributed by atoms with E-state index in [-0.39, 0.29) is 5.79 Å². The maximum atomic E-state index is 5.74. The van der Waals surface area contributed by atoms with Crippen LogP contribution in [0.2, 0.25) is 0 Å². The van der Waals surface area contributed by atoms with Crippen LogP contribution in [0.25, 0.3) is 0 Å². The first-order chi connectivity index (χ1) is 9.19. The van der Waals surface area contributed by atoms with Crippen LogP contribution in [0.3, 0.4) is 0 Å². The highest BCUT2D eigenvalue weighted by molar-refractivity contribution is 4.90. The Morgan fingerprint density at radius 2 is 1.95 bits per heavy atom. The molecular weight excluding hydrogens is 244 g/mol. The minimum Gasteiger partial charge on any atom is -0.347 e. The Balaban J connectivity index is 1.58. The van der Waals surface area contributed by atoms with Gasteiger partial charge in [0.25, 0.3) is 0 Å². The van der Waals surface area contributed by atoms with Gasteiger partial charge in [0.05, 0.1) is 19.8 Å². The van der Waals surface area contributed by atoms with Crippen molar-refractivity contribution in [2.24, 2.45) is 0 Å². The third kappa shape index (κ3) is 2.66. The molecule has 0 saturated carbocycles. The number of nitrogens with zero attached hydrogens (tertiary/aromatic N) is 4. The highest BCUT2D eigenvalue weighted by atomic mass is 16.7. The minimum atomic E-state index is -0.289. The Labute approximate surface area is 113 Å². The summed E-state index contributed by atoms with van der Waals surface area (Å²) >= 11 is 0. The van der Waals surface area contributed by atoms with Gasteiger partial charge in [0.2, 0.25) is 0 Å². The molecule has 0 aliphatic carbocycles. The predicted octanol–water partition coefficient (Wildman–Crippen LogP) is 1.20. The van der Waals surface area contributed by atoms with Crippen molar-refractivity contribution in [2.45, 2.75) is 45.1 Å². The van der Waals surface area contributed by atoms with Crippen LogP contribution in [-0.4, -0.2) is 51.8 Å². The lowest BCUT2D eigenvalue weighted by Gasteiger charge is -2.37. The first-order valence-electron chi connectivity index (χ1n) is 7.07. The van der Waals surface area contributed by atoms with Gasteiger partial charge in [-0.1, -0.05) is 0 Å². The van der Waals surface area contributed by atoms with Gasteiger partial charge in [0, 0.05) is 32.0 Å². The average Bonchev–Trinajstić information content (AvgIpc) is 3.02. The standard InChI is InChI=1S/C13H22N4O2/c1-11(2)17-12(14-10-15-17)9-16-5-3-13(4-6-16)18-7-8-19-13/h10-11H,3-9H2,1-2H3. The number of ether oxygens (including phenoxy) is 2. The van der Waals surface area contributed by atoms with E-state index in [1.54, 1.807) is 6.33 Å². The zero-order chi connectivity index (χ0) is 13.3. The molecule has 1 spiro atoms. The quantitative estimate of drug-likeness (QED) is 0.823. The maximum absolute atomic E-state index is 5.74. The van der Waals surface area contributed by atoms with Crippen molar-refractivity contribution in [1.29, 1.82) is 0 Å².